The van der Waals surface area contributed by atoms with E-state index in [9.17, 15) is 10.1 Å². The van der Waals surface area contributed by atoms with Crippen LogP contribution >= 0.6 is 0 Å². The van der Waals surface area contributed by atoms with Crippen molar-refractivity contribution in [2.24, 2.45) is 0 Å². The Labute approximate surface area is 106 Å². The van der Waals surface area contributed by atoms with Crippen molar-refractivity contribution in [3.63, 3.8) is 0 Å². The normalized spacial score (nSPS) is 10.7. The number of nitrogens with two attached hydrogens (primary N) is 1. The minimum absolute atomic E-state index is 0.0169. The van der Waals surface area contributed by atoms with E-state index >= 15 is 0 Å². The largest absolute Gasteiger partial charge is 0.381 e. The Hall–Kier alpha value is -3.03. The Kier molecular flexibility index (Phi) is 2.34. The molecule has 0 saturated heterocycles. The van der Waals surface area contributed by atoms with E-state index in [-0.39, 0.29) is 11.5 Å². The van der Waals surface area contributed by atoms with E-state index < -0.39 is 4.92 Å². The molecule has 8 nitrogen and oxygen atoms in total. The first-order valence-electron chi connectivity index (χ1n) is 5.36. The van der Waals surface area contributed by atoms with Crippen molar-refractivity contribution in [2.45, 2.75) is 0 Å². The number of hydrogen-bond acceptors (Lipinski definition) is 6. The number of nitrogen functional groups attached to an aromatic ring is 1. The zero-order valence-electron chi connectivity index (χ0n) is 9.59. The van der Waals surface area contributed by atoms with Gasteiger partial charge in [0.1, 0.15) is 0 Å². The molecule has 2 N–H and O–H groups in total. The average Bonchev–Trinajstić information content (AvgIpc) is 2.82. The second-order valence-electron chi connectivity index (χ2n) is 3.82. The van der Waals surface area contributed by atoms with Crippen molar-refractivity contribution < 1.29 is 4.92 Å². The van der Waals surface area contributed by atoms with Gasteiger partial charge in [-0.05, 0) is 6.07 Å². The molecule has 3 aromatic rings. The lowest BCUT2D eigenvalue weighted by Crippen LogP contribution is -2.05. The van der Waals surface area contributed by atoms with Gasteiger partial charge in [-0.3, -0.25) is 10.1 Å². The third-order valence-electron chi connectivity index (χ3n) is 2.67. The summed E-state index contributed by atoms with van der Waals surface area (Å²) in [5.41, 5.74) is 6.27. The number of non-ortho nitro benzene ring substituents is 1. The molecule has 0 atom stereocenters. The van der Waals surface area contributed by atoms with E-state index in [2.05, 4.69) is 15.1 Å². The Morgan fingerprint density at radius 2 is 2.05 bits per heavy atom. The highest BCUT2D eigenvalue weighted by molar-refractivity contribution is 5.82. The SMILES string of the molecule is Nc1nccnc1-n1ncc2ccc([N+](=O)[O-])cc21. The minimum atomic E-state index is -0.461. The number of fused-ring (bicyclic) bond motifs is 1. The van der Waals surface area contributed by atoms with Crippen LogP contribution < -0.4 is 5.73 Å². The van der Waals surface area contributed by atoms with E-state index in [0.717, 1.165) is 5.39 Å². The molecule has 8 heteroatoms. The zero-order chi connectivity index (χ0) is 13.4. The van der Waals surface area contributed by atoms with Crippen molar-refractivity contribution in [2.75, 3.05) is 5.73 Å². The van der Waals surface area contributed by atoms with Crippen LogP contribution in [0.3, 0.4) is 0 Å². The third kappa shape index (κ3) is 1.75. The van der Waals surface area contributed by atoms with Crippen molar-refractivity contribution in [3.05, 3.63) is 46.9 Å². The molecule has 0 aliphatic heterocycles. The van der Waals surface area contributed by atoms with Crippen molar-refractivity contribution in [1.29, 1.82) is 0 Å². The van der Waals surface area contributed by atoms with Crippen LogP contribution in [-0.2, 0) is 0 Å². The Morgan fingerprint density at radius 1 is 1.26 bits per heavy atom. The number of rotatable bonds is 2. The van der Waals surface area contributed by atoms with Crippen LogP contribution in [0, 0.1) is 10.1 Å². The van der Waals surface area contributed by atoms with Crippen LogP contribution in [0.4, 0.5) is 11.5 Å². The maximum atomic E-state index is 10.8. The molecular weight excluding hydrogens is 248 g/mol. The molecule has 0 unspecified atom stereocenters. The second kappa shape index (κ2) is 4.02. The molecule has 0 radical (unpaired) electrons. The molecule has 0 bridgehead atoms. The van der Waals surface area contributed by atoms with Gasteiger partial charge in [-0.15, -0.1) is 0 Å². The lowest BCUT2D eigenvalue weighted by atomic mass is 10.2. The number of hydrogen-bond donors (Lipinski definition) is 1. The summed E-state index contributed by atoms with van der Waals surface area (Å²) in [7, 11) is 0. The van der Waals surface area contributed by atoms with Gasteiger partial charge >= 0.3 is 0 Å². The van der Waals surface area contributed by atoms with Crippen molar-refractivity contribution in [1.82, 2.24) is 19.7 Å². The van der Waals surface area contributed by atoms with Gasteiger partial charge in [0.05, 0.1) is 16.6 Å². The lowest BCUT2D eigenvalue weighted by Gasteiger charge is -2.04. The van der Waals surface area contributed by atoms with Gasteiger partial charge in [-0.2, -0.15) is 5.10 Å². The molecule has 1 aromatic carbocycles. The minimum Gasteiger partial charge on any atom is -0.381 e. The Morgan fingerprint density at radius 3 is 2.79 bits per heavy atom. The molecule has 0 saturated carbocycles. The monoisotopic (exact) mass is 256 g/mol. The van der Waals surface area contributed by atoms with E-state index in [1.165, 1.54) is 29.2 Å². The maximum absolute atomic E-state index is 10.8. The molecular formula is C11H8N6O2. The van der Waals surface area contributed by atoms with Gasteiger partial charge in [-0.1, -0.05) is 0 Å². The molecule has 2 aromatic heterocycles. The average molecular weight is 256 g/mol. The first kappa shape index (κ1) is 11.1. The summed E-state index contributed by atoms with van der Waals surface area (Å²) < 4.78 is 1.44. The number of nitro groups is 1. The van der Waals surface area contributed by atoms with Gasteiger partial charge in [0.2, 0.25) is 0 Å². The van der Waals surface area contributed by atoms with Crippen LogP contribution in [0.25, 0.3) is 16.7 Å². The summed E-state index contributed by atoms with van der Waals surface area (Å²) in [6.07, 6.45) is 4.54. The fourth-order valence-corrected chi connectivity index (χ4v) is 1.79. The van der Waals surface area contributed by atoms with Crippen LogP contribution in [0.5, 0.6) is 0 Å². The summed E-state index contributed by atoms with van der Waals surface area (Å²) >= 11 is 0. The van der Waals surface area contributed by atoms with E-state index in [4.69, 9.17) is 5.73 Å². The van der Waals surface area contributed by atoms with Gasteiger partial charge in [0.25, 0.3) is 5.69 Å². The predicted octanol–water partition coefficient (Wildman–Crippen LogP) is 1.31. The number of nitrogens with zero attached hydrogens (tertiary/aromatic N) is 5. The number of benzene rings is 1. The van der Waals surface area contributed by atoms with E-state index in [0.29, 0.717) is 11.3 Å². The van der Waals surface area contributed by atoms with Gasteiger partial charge in [0, 0.05) is 29.9 Å². The molecule has 0 aliphatic rings. The summed E-state index contributed by atoms with van der Waals surface area (Å²) in [6, 6.07) is 4.48. The Bertz CT molecular complexity index is 782. The first-order chi connectivity index (χ1) is 9.16. The zero-order valence-corrected chi connectivity index (χ0v) is 9.59. The molecule has 3 rings (SSSR count). The molecule has 0 amide bonds. The summed E-state index contributed by atoms with van der Waals surface area (Å²) in [6.45, 7) is 0. The van der Waals surface area contributed by atoms with Gasteiger partial charge < -0.3 is 5.73 Å². The number of anilines is 1. The lowest BCUT2D eigenvalue weighted by molar-refractivity contribution is -0.384. The molecule has 94 valence electrons. The number of aromatic nitrogens is 4. The van der Waals surface area contributed by atoms with Crippen LogP contribution in [-0.4, -0.2) is 24.7 Å². The van der Waals surface area contributed by atoms with Crippen molar-refractivity contribution >= 4 is 22.4 Å². The standard InChI is InChI=1S/C11H8N6O2/c12-10-11(14-4-3-13-10)16-9-5-8(17(18)19)2-1-7(9)6-15-16/h1-6H,(H2,12,13). The molecule has 0 spiro atoms. The predicted molar refractivity (Wildman–Crippen MR) is 67.7 cm³/mol. The quantitative estimate of drug-likeness (QED) is 0.546. The molecule has 19 heavy (non-hydrogen) atoms. The van der Waals surface area contributed by atoms with Crippen LogP contribution in [0.2, 0.25) is 0 Å². The van der Waals surface area contributed by atoms with E-state index in [1.807, 2.05) is 0 Å². The van der Waals surface area contributed by atoms with Gasteiger partial charge in [-0.25, -0.2) is 14.6 Å². The maximum Gasteiger partial charge on any atom is 0.271 e. The third-order valence-corrected chi connectivity index (χ3v) is 2.67. The summed E-state index contributed by atoms with van der Waals surface area (Å²) in [5.74, 6) is 0.553. The molecule has 0 fully saturated rings. The van der Waals surface area contributed by atoms with Crippen LogP contribution in [0.15, 0.2) is 36.8 Å². The highest BCUT2D eigenvalue weighted by Gasteiger charge is 2.13. The second-order valence-corrected chi connectivity index (χ2v) is 3.82. The highest BCUT2D eigenvalue weighted by Crippen LogP contribution is 2.23. The van der Waals surface area contributed by atoms with Crippen molar-refractivity contribution in [3.8, 4) is 5.82 Å². The summed E-state index contributed by atoms with van der Waals surface area (Å²) in [5, 5.41) is 15.7. The van der Waals surface area contributed by atoms with Crippen LogP contribution in [0.1, 0.15) is 0 Å². The van der Waals surface area contributed by atoms with Gasteiger partial charge in [0.15, 0.2) is 11.6 Å². The smallest absolute Gasteiger partial charge is 0.271 e. The summed E-state index contributed by atoms with van der Waals surface area (Å²) in [4.78, 5) is 18.4. The Balaban J connectivity index is 2.27. The fourth-order valence-electron chi connectivity index (χ4n) is 1.79. The molecule has 2 heterocycles. The highest BCUT2D eigenvalue weighted by atomic mass is 16.6. The number of nitro benzene ring substituents is 1. The fraction of sp³-hybridized carbons (Fsp3) is 0. The van der Waals surface area contributed by atoms with E-state index in [1.54, 1.807) is 12.3 Å². The first-order valence-corrected chi connectivity index (χ1v) is 5.36. The molecule has 0 aliphatic carbocycles. The topological polar surface area (TPSA) is 113 Å².